The van der Waals surface area contributed by atoms with Crippen molar-refractivity contribution in [1.29, 1.82) is 0 Å². The molecule has 2 rings (SSSR count). The first-order valence-corrected chi connectivity index (χ1v) is 6.36. The van der Waals surface area contributed by atoms with Gasteiger partial charge >= 0.3 is 0 Å². The van der Waals surface area contributed by atoms with E-state index in [1.165, 1.54) is 6.39 Å². The molecule has 0 amide bonds. The van der Waals surface area contributed by atoms with E-state index in [-0.39, 0.29) is 0 Å². The molecule has 0 atom stereocenters. The third-order valence-electron chi connectivity index (χ3n) is 2.75. The van der Waals surface area contributed by atoms with Gasteiger partial charge in [0.15, 0.2) is 6.61 Å². The van der Waals surface area contributed by atoms with Gasteiger partial charge in [0.2, 0.25) is 12.2 Å². The highest BCUT2D eigenvalue weighted by atomic mass is 16.5. The minimum absolute atomic E-state index is 0.316. The Labute approximate surface area is 113 Å². The summed E-state index contributed by atoms with van der Waals surface area (Å²) in [6, 6.07) is 6.57. The van der Waals surface area contributed by atoms with Gasteiger partial charge in [-0.2, -0.15) is 4.98 Å². The van der Waals surface area contributed by atoms with Crippen molar-refractivity contribution in [3.05, 3.63) is 41.5 Å². The summed E-state index contributed by atoms with van der Waals surface area (Å²) in [6.45, 7) is 7.37. The Hall–Kier alpha value is -1.88. The molecule has 0 saturated heterocycles. The molecule has 5 nitrogen and oxygen atoms in total. The van der Waals surface area contributed by atoms with Crippen molar-refractivity contribution in [2.45, 2.75) is 40.0 Å². The number of aromatic nitrogens is 2. The van der Waals surface area contributed by atoms with E-state index in [1.54, 1.807) is 0 Å². The monoisotopic (exact) mass is 261 g/mol. The summed E-state index contributed by atoms with van der Waals surface area (Å²) in [5.74, 6) is 1.44. The van der Waals surface area contributed by atoms with Crippen LogP contribution >= 0.6 is 0 Å². The quantitative estimate of drug-likeness (QED) is 0.865. The standard InChI is InChI=1S/C14H19N3O2/c1-10(2)15-7-12-6-4-5-11(3)14(12)18-8-13-16-9-19-17-13/h4-6,9-10,15H,7-8H2,1-3H3. The Kier molecular flexibility index (Phi) is 4.52. The van der Waals surface area contributed by atoms with Crippen molar-refractivity contribution in [3.8, 4) is 5.75 Å². The fourth-order valence-electron chi connectivity index (χ4n) is 1.77. The lowest BCUT2D eigenvalue weighted by Gasteiger charge is -2.15. The van der Waals surface area contributed by atoms with Crippen molar-refractivity contribution in [2.75, 3.05) is 0 Å². The Balaban J connectivity index is 2.08. The zero-order valence-corrected chi connectivity index (χ0v) is 11.5. The fourth-order valence-corrected chi connectivity index (χ4v) is 1.77. The molecular formula is C14H19N3O2. The van der Waals surface area contributed by atoms with Gasteiger partial charge in [0.1, 0.15) is 5.75 Å². The third-order valence-corrected chi connectivity index (χ3v) is 2.75. The maximum Gasteiger partial charge on any atom is 0.213 e. The minimum atomic E-state index is 0.316. The van der Waals surface area contributed by atoms with E-state index >= 15 is 0 Å². The fraction of sp³-hybridized carbons (Fsp3) is 0.429. The third kappa shape index (κ3) is 3.79. The average Bonchev–Trinajstić information content (AvgIpc) is 2.88. The molecule has 0 spiro atoms. The summed E-state index contributed by atoms with van der Waals surface area (Å²) in [6.07, 6.45) is 1.30. The van der Waals surface area contributed by atoms with Crippen molar-refractivity contribution in [1.82, 2.24) is 15.5 Å². The van der Waals surface area contributed by atoms with Crippen LogP contribution in [0.15, 0.2) is 29.1 Å². The van der Waals surface area contributed by atoms with Crippen molar-refractivity contribution >= 4 is 0 Å². The predicted molar refractivity (Wildman–Crippen MR) is 71.8 cm³/mol. The Morgan fingerprint density at radius 1 is 1.37 bits per heavy atom. The molecule has 19 heavy (non-hydrogen) atoms. The highest BCUT2D eigenvalue weighted by molar-refractivity contribution is 5.40. The van der Waals surface area contributed by atoms with Crippen LogP contribution in [-0.4, -0.2) is 16.2 Å². The van der Waals surface area contributed by atoms with Gasteiger partial charge in [0, 0.05) is 18.2 Å². The molecule has 0 fully saturated rings. The van der Waals surface area contributed by atoms with Crippen LogP contribution in [0, 0.1) is 6.92 Å². The van der Waals surface area contributed by atoms with Gasteiger partial charge in [-0.3, -0.25) is 0 Å². The molecule has 0 unspecified atom stereocenters. The number of rotatable bonds is 6. The summed E-state index contributed by atoms with van der Waals surface area (Å²) in [4.78, 5) is 3.95. The number of nitrogens with one attached hydrogen (secondary N) is 1. The molecule has 0 aliphatic rings. The van der Waals surface area contributed by atoms with Crippen LogP contribution in [0.2, 0.25) is 0 Å². The van der Waals surface area contributed by atoms with Gasteiger partial charge in [-0.05, 0) is 12.5 Å². The topological polar surface area (TPSA) is 60.2 Å². The van der Waals surface area contributed by atoms with E-state index in [0.29, 0.717) is 18.5 Å². The van der Waals surface area contributed by atoms with E-state index < -0.39 is 0 Å². The summed E-state index contributed by atoms with van der Waals surface area (Å²) in [5, 5.41) is 7.13. The van der Waals surface area contributed by atoms with Gasteiger partial charge in [-0.15, -0.1) is 0 Å². The molecule has 0 aliphatic heterocycles. The zero-order valence-electron chi connectivity index (χ0n) is 11.5. The van der Waals surface area contributed by atoms with Gasteiger partial charge in [-0.1, -0.05) is 37.2 Å². The molecule has 1 heterocycles. The van der Waals surface area contributed by atoms with Gasteiger partial charge < -0.3 is 14.6 Å². The lowest BCUT2D eigenvalue weighted by Crippen LogP contribution is -2.22. The second-order valence-electron chi connectivity index (χ2n) is 4.73. The Morgan fingerprint density at radius 3 is 2.89 bits per heavy atom. The van der Waals surface area contributed by atoms with E-state index in [9.17, 15) is 0 Å². The summed E-state index contributed by atoms with van der Waals surface area (Å²) in [5.41, 5.74) is 2.24. The van der Waals surface area contributed by atoms with E-state index in [0.717, 1.165) is 23.4 Å². The first kappa shape index (κ1) is 13.5. The number of hydrogen-bond donors (Lipinski definition) is 1. The molecule has 0 bridgehead atoms. The number of ether oxygens (including phenoxy) is 1. The minimum Gasteiger partial charge on any atom is -0.485 e. The second-order valence-corrected chi connectivity index (χ2v) is 4.73. The van der Waals surface area contributed by atoms with Crippen LogP contribution in [0.5, 0.6) is 5.75 Å². The number of para-hydroxylation sites is 1. The molecule has 0 saturated carbocycles. The number of aryl methyl sites for hydroxylation is 1. The lowest BCUT2D eigenvalue weighted by molar-refractivity contribution is 0.281. The first-order valence-electron chi connectivity index (χ1n) is 6.36. The molecule has 102 valence electrons. The molecule has 2 aromatic rings. The smallest absolute Gasteiger partial charge is 0.213 e. The summed E-state index contributed by atoms with van der Waals surface area (Å²) in [7, 11) is 0. The van der Waals surface area contributed by atoms with E-state index in [2.05, 4.69) is 39.9 Å². The van der Waals surface area contributed by atoms with Gasteiger partial charge in [0.25, 0.3) is 0 Å². The van der Waals surface area contributed by atoms with Crippen molar-refractivity contribution in [3.63, 3.8) is 0 Å². The molecule has 1 aromatic heterocycles. The van der Waals surface area contributed by atoms with Crippen LogP contribution in [0.25, 0.3) is 0 Å². The maximum absolute atomic E-state index is 5.82. The molecule has 1 aromatic carbocycles. The largest absolute Gasteiger partial charge is 0.485 e. The van der Waals surface area contributed by atoms with Crippen LogP contribution < -0.4 is 10.1 Å². The Morgan fingerprint density at radius 2 is 2.21 bits per heavy atom. The van der Waals surface area contributed by atoms with E-state index in [4.69, 9.17) is 4.74 Å². The molecule has 0 radical (unpaired) electrons. The average molecular weight is 261 g/mol. The predicted octanol–water partition coefficient (Wildman–Crippen LogP) is 2.46. The highest BCUT2D eigenvalue weighted by Crippen LogP contribution is 2.24. The molecular weight excluding hydrogens is 242 g/mol. The lowest BCUT2D eigenvalue weighted by atomic mass is 10.1. The molecule has 1 N–H and O–H groups in total. The zero-order chi connectivity index (χ0) is 13.7. The molecule has 0 aliphatic carbocycles. The second kappa shape index (κ2) is 6.33. The number of hydrogen-bond acceptors (Lipinski definition) is 5. The van der Waals surface area contributed by atoms with Gasteiger partial charge in [-0.25, -0.2) is 0 Å². The maximum atomic E-state index is 5.82. The van der Waals surface area contributed by atoms with Crippen LogP contribution in [0.1, 0.15) is 30.8 Å². The van der Waals surface area contributed by atoms with Gasteiger partial charge in [0.05, 0.1) is 0 Å². The Bertz CT molecular complexity index is 509. The highest BCUT2D eigenvalue weighted by Gasteiger charge is 2.09. The SMILES string of the molecule is Cc1cccc(CNC(C)C)c1OCc1ncon1. The van der Waals surface area contributed by atoms with Crippen LogP contribution in [0.4, 0.5) is 0 Å². The summed E-state index contributed by atoms with van der Waals surface area (Å²) < 4.78 is 10.5. The van der Waals surface area contributed by atoms with Crippen molar-refractivity contribution < 1.29 is 9.26 Å². The number of nitrogens with zero attached hydrogens (tertiary/aromatic N) is 2. The van der Waals surface area contributed by atoms with Crippen molar-refractivity contribution in [2.24, 2.45) is 0 Å². The molecule has 5 heteroatoms. The number of benzene rings is 1. The van der Waals surface area contributed by atoms with Crippen LogP contribution in [-0.2, 0) is 13.2 Å². The summed E-state index contributed by atoms with van der Waals surface area (Å²) >= 11 is 0. The van der Waals surface area contributed by atoms with E-state index in [1.807, 2.05) is 19.1 Å². The normalized spacial score (nSPS) is 10.9. The first-order chi connectivity index (χ1) is 9.16. The van der Waals surface area contributed by atoms with Crippen LogP contribution in [0.3, 0.4) is 0 Å².